The van der Waals surface area contributed by atoms with Crippen LogP contribution in [0.25, 0.3) is 11.5 Å². The number of rotatable bonds is 5. The van der Waals surface area contributed by atoms with Crippen LogP contribution in [0.5, 0.6) is 0 Å². The number of benzene rings is 1. The molecule has 0 aliphatic carbocycles. The summed E-state index contributed by atoms with van der Waals surface area (Å²) in [6.45, 7) is 3.42. The molecule has 0 saturated carbocycles. The highest BCUT2D eigenvalue weighted by atomic mass is 32.2. The highest BCUT2D eigenvalue weighted by Crippen LogP contribution is 2.28. The minimum absolute atomic E-state index is 0.0420. The molecular weight excluding hydrogens is 356 g/mol. The number of hydrogen-bond acceptors (Lipinski definition) is 7. The Hall–Kier alpha value is -2.42. The topological polar surface area (TPSA) is 102 Å². The maximum atomic E-state index is 12.6. The van der Waals surface area contributed by atoms with Crippen LogP contribution in [0.2, 0.25) is 0 Å². The van der Waals surface area contributed by atoms with Gasteiger partial charge in [-0.05, 0) is 25.8 Å². The SMILES string of the molecule is C[C@@H](Sc1nnc(-c2cccc([N+](=O)[O-])c2)o1)C(=O)N1CCCCCC1. The van der Waals surface area contributed by atoms with E-state index in [0.29, 0.717) is 5.56 Å². The Balaban J connectivity index is 1.67. The van der Waals surface area contributed by atoms with Gasteiger partial charge in [0.25, 0.3) is 10.9 Å². The molecule has 8 nitrogen and oxygen atoms in total. The molecule has 1 atom stereocenters. The van der Waals surface area contributed by atoms with Crippen LogP contribution in [0.15, 0.2) is 33.9 Å². The molecule has 26 heavy (non-hydrogen) atoms. The fourth-order valence-corrected chi connectivity index (χ4v) is 3.64. The summed E-state index contributed by atoms with van der Waals surface area (Å²) in [6.07, 6.45) is 4.42. The molecule has 0 N–H and O–H groups in total. The molecule has 0 unspecified atom stereocenters. The van der Waals surface area contributed by atoms with Gasteiger partial charge in [-0.1, -0.05) is 30.7 Å². The molecule has 1 saturated heterocycles. The zero-order valence-electron chi connectivity index (χ0n) is 14.5. The molecule has 1 aliphatic heterocycles. The lowest BCUT2D eigenvalue weighted by atomic mass is 10.2. The molecule has 2 heterocycles. The monoisotopic (exact) mass is 376 g/mol. The average Bonchev–Trinajstić information content (AvgIpc) is 2.93. The van der Waals surface area contributed by atoms with Crippen molar-refractivity contribution >= 4 is 23.4 Å². The van der Waals surface area contributed by atoms with Gasteiger partial charge in [0.1, 0.15) is 0 Å². The first-order valence-electron chi connectivity index (χ1n) is 8.58. The lowest BCUT2D eigenvalue weighted by molar-refractivity contribution is -0.384. The van der Waals surface area contributed by atoms with Crippen LogP contribution in [0.1, 0.15) is 32.6 Å². The van der Waals surface area contributed by atoms with Crippen LogP contribution in [0, 0.1) is 10.1 Å². The van der Waals surface area contributed by atoms with Gasteiger partial charge in [-0.25, -0.2) is 0 Å². The van der Waals surface area contributed by atoms with Gasteiger partial charge in [-0.3, -0.25) is 14.9 Å². The first-order chi connectivity index (χ1) is 12.5. The smallest absolute Gasteiger partial charge is 0.277 e. The standard InChI is InChI=1S/C17H20N4O4S/c1-12(16(22)20-9-4-2-3-5-10-20)26-17-19-18-15(25-17)13-7-6-8-14(11-13)21(23)24/h6-8,11-12H,2-5,9-10H2,1H3/t12-/m1/s1. The zero-order chi connectivity index (χ0) is 18.5. The fraction of sp³-hybridized carbons (Fsp3) is 0.471. The molecule has 138 valence electrons. The second-order valence-electron chi connectivity index (χ2n) is 6.18. The Bertz CT molecular complexity index is 787. The average molecular weight is 376 g/mol. The molecule has 1 fully saturated rings. The molecule has 1 aromatic carbocycles. The van der Waals surface area contributed by atoms with Crippen molar-refractivity contribution in [3.8, 4) is 11.5 Å². The minimum Gasteiger partial charge on any atom is -0.411 e. The lowest BCUT2D eigenvalue weighted by Crippen LogP contribution is -2.37. The molecule has 1 aromatic heterocycles. The zero-order valence-corrected chi connectivity index (χ0v) is 15.3. The second kappa shape index (κ2) is 8.31. The Morgan fingerprint density at radius 1 is 1.27 bits per heavy atom. The van der Waals surface area contributed by atoms with Gasteiger partial charge in [0.05, 0.1) is 10.2 Å². The van der Waals surface area contributed by atoms with Crippen LogP contribution in [-0.4, -0.2) is 44.3 Å². The third-order valence-corrected chi connectivity index (χ3v) is 5.18. The minimum atomic E-state index is -0.475. The van der Waals surface area contributed by atoms with Gasteiger partial charge in [0, 0.05) is 30.8 Å². The van der Waals surface area contributed by atoms with Crippen molar-refractivity contribution in [2.45, 2.75) is 43.1 Å². The number of carbonyl (C=O) groups excluding carboxylic acids is 1. The summed E-state index contributed by atoms with van der Waals surface area (Å²) in [4.78, 5) is 24.9. The van der Waals surface area contributed by atoms with E-state index in [4.69, 9.17) is 4.42 Å². The van der Waals surface area contributed by atoms with Crippen LogP contribution in [0.3, 0.4) is 0 Å². The number of carbonyl (C=O) groups is 1. The number of hydrogen-bond donors (Lipinski definition) is 0. The van der Waals surface area contributed by atoms with E-state index in [-0.39, 0.29) is 28.0 Å². The number of nitrogens with zero attached hydrogens (tertiary/aromatic N) is 4. The first kappa shape index (κ1) is 18.4. The summed E-state index contributed by atoms with van der Waals surface area (Å²) in [5, 5.41) is 18.7. The molecular formula is C17H20N4O4S. The van der Waals surface area contributed by atoms with Crippen molar-refractivity contribution in [3.05, 3.63) is 34.4 Å². The predicted octanol–water partition coefficient (Wildman–Crippen LogP) is 3.53. The normalized spacial score (nSPS) is 16.1. The largest absolute Gasteiger partial charge is 0.411 e. The number of amides is 1. The van der Waals surface area contributed by atoms with E-state index < -0.39 is 4.92 Å². The van der Waals surface area contributed by atoms with Crippen molar-refractivity contribution in [2.75, 3.05) is 13.1 Å². The number of nitro groups is 1. The van der Waals surface area contributed by atoms with E-state index in [0.717, 1.165) is 25.9 Å². The molecule has 0 bridgehead atoms. The molecule has 2 aromatic rings. The molecule has 0 radical (unpaired) electrons. The number of thioether (sulfide) groups is 1. The molecule has 1 aliphatic rings. The number of nitro benzene ring substituents is 1. The maximum Gasteiger partial charge on any atom is 0.277 e. The van der Waals surface area contributed by atoms with E-state index >= 15 is 0 Å². The van der Waals surface area contributed by atoms with Gasteiger partial charge in [0.2, 0.25) is 11.8 Å². The quantitative estimate of drug-likeness (QED) is 0.447. The van der Waals surface area contributed by atoms with Gasteiger partial charge in [-0.15, -0.1) is 10.2 Å². The van der Waals surface area contributed by atoms with E-state index in [1.54, 1.807) is 12.1 Å². The molecule has 0 spiro atoms. The number of aromatic nitrogens is 2. The van der Waals surface area contributed by atoms with E-state index in [1.807, 2.05) is 11.8 Å². The van der Waals surface area contributed by atoms with Crippen LogP contribution in [0.4, 0.5) is 5.69 Å². The van der Waals surface area contributed by atoms with Gasteiger partial charge in [0.15, 0.2) is 0 Å². The van der Waals surface area contributed by atoms with E-state index in [2.05, 4.69) is 10.2 Å². The van der Waals surface area contributed by atoms with Crippen LogP contribution in [-0.2, 0) is 4.79 Å². The van der Waals surface area contributed by atoms with Crippen molar-refractivity contribution in [2.24, 2.45) is 0 Å². The Morgan fingerprint density at radius 3 is 2.69 bits per heavy atom. The molecule has 9 heteroatoms. The van der Waals surface area contributed by atoms with Gasteiger partial charge >= 0.3 is 0 Å². The Kier molecular flexibility index (Phi) is 5.87. The summed E-state index contributed by atoms with van der Waals surface area (Å²) >= 11 is 1.21. The number of non-ortho nitro benzene ring substituents is 1. The summed E-state index contributed by atoms with van der Waals surface area (Å²) in [5.74, 6) is 0.276. The summed E-state index contributed by atoms with van der Waals surface area (Å²) in [5.41, 5.74) is 0.435. The number of likely N-dealkylation sites (tertiary alicyclic amines) is 1. The van der Waals surface area contributed by atoms with Crippen molar-refractivity contribution in [1.29, 1.82) is 0 Å². The fourth-order valence-electron chi connectivity index (χ4n) is 2.88. The summed E-state index contributed by atoms with van der Waals surface area (Å²) in [6, 6.07) is 6.02. The Morgan fingerprint density at radius 2 is 2.00 bits per heavy atom. The highest BCUT2D eigenvalue weighted by molar-refractivity contribution is 8.00. The first-order valence-corrected chi connectivity index (χ1v) is 9.46. The van der Waals surface area contributed by atoms with E-state index in [9.17, 15) is 14.9 Å². The van der Waals surface area contributed by atoms with Gasteiger partial charge < -0.3 is 9.32 Å². The molecule has 3 rings (SSSR count). The van der Waals surface area contributed by atoms with Crippen molar-refractivity contribution in [1.82, 2.24) is 15.1 Å². The third-order valence-electron chi connectivity index (χ3n) is 4.25. The van der Waals surface area contributed by atoms with E-state index in [1.165, 1.54) is 36.7 Å². The molecule has 1 amide bonds. The second-order valence-corrected chi connectivity index (χ2v) is 7.47. The van der Waals surface area contributed by atoms with Gasteiger partial charge in [-0.2, -0.15) is 0 Å². The van der Waals surface area contributed by atoms with Crippen LogP contribution < -0.4 is 0 Å². The lowest BCUT2D eigenvalue weighted by Gasteiger charge is -2.23. The van der Waals surface area contributed by atoms with Crippen molar-refractivity contribution in [3.63, 3.8) is 0 Å². The van der Waals surface area contributed by atoms with Crippen molar-refractivity contribution < 1.29 is 14.1 Å². The van der Waals surface area contributed by atoms with Crippen LogP contribution >= 0.6 is 11.8 Å². The highest BCUT2D eigenvalue weighted by Gasteiger charge is 2.24. The Labute approximate surface area is 155 Å². The summed E-state index contributed by atoms with van der Waals surface area (Å²) < 4.78 is 5.58. The summed E-state index contributed by atoms with van der Waals surface area (Å²) in [7, 11) is 0. The maximum absolute atomic E-state index is 12.6. The third kappa shape index (κ3) is 4.40. The predicted molar refractivity (Wildman–Crippen MR) is 96.8 cm³/mol.